The van der Waals surface area contributed by atoms with Crippen molar-refractivity contribution in [1.29, 1.82) is 0 Å². The quantitative estimate of drug-likeness (QED) is 0.390. The van der Waals surface area contributed by atoms with Crippen LogP contribution in [0.5, 0.6) is 5.75 Å². The third kappa shape index (κ3) is 8.21. The largest absolute Gasteiger partial charge is 0.491 e. The fourth-order valence-corrected chi connectivity index (χ4v) is 2.40. The summed E-state index contributed by atoms with van der Waals surface area (Å²) >= 11 is 11.0. The number of carbonyl (C=O) groups is 1. The van der Waals surface area contributed by atoms with Crippen molar-refractivity contribution in [1.82, 2.24) is 5.32 Å². The molecule has 5 nitrogen and oxygen atoms in total. The van der Waals surface area contributed by atoms with Crippen molar-refractivity contribution in [3.8, 4) is 5.75 Å². The van der Waals surface area contributed by atoms with Gasteiger partial charge in [-0.2, -0.15) is 0 Å². The van der Waals surface area contributed by atoms with Crippen molar-refractivity contribution in [3.63, 3.8) is 0 Å². The molecule has 0 aliphatic heterocycles. The number of thiocarbonyl (C=S) groups is 1. The Balaban J connectivity index is 1.77. The minimum Gasteiger partial charge on any atom is -0.491 e. The fourth-order valence-electron chi connectivity index (χ4n) is 2.06. The Bertz CT molecular complexity index is 777. The molecule has 0 saturated heterocycles. The lowest BCUT2D eigenvalue weighted by Crippen LogP contribution is -2.32. The highest BCUT2D eigenvalue weighted by molar-refractivity contribution is 7.80. The molecule has 0 atom stereocenters. The maximum atomic E-state index is 11.9. The van der Waals surface area contributed by atoms with Gasteiger partial charge in [-0.25, -0.2) is 0 Å². The van der Waals surface area contributed by atoms with E-state index in [9.17, 15) is 4.79 Å². The summed E-state index contributed by atoms with van der Waals surface area (Å²) in [7, 11) is 0. The first kappa shape index (κ1) is 20.9. The first-order valence-electron chi connectivity index (χ1n) is 8.43. The van der Waals surface area contributed by atoms with E-state index in [1.54, 1.807) is 18.2 Å². The molecule has 2 aromatic rings. The van der Waals surface area contributed by atoms with E-state index in [1.165, 1.54) is 6.08 Å². The second kappa shape index (κ2) is 11.3. The molecule has 0 spiro atoms. The number of benzene rings is 2. The number of carbonyl (C=O) groups excluding carboxylic acids is 1. The van der Waals surface area contributed by atoms with Gasteiger partial charge in [0, 0.05) is 23.4 Å². The minimum atomic E-state index is -0.321. The summed E-state index contributed by atoms with van der Waals surface area (Å²) in [5.41, 5.74) is 1.62. The molecule has 0 aliphatic rings. The summed E-state index contributed by atoms with van der Waals surface area (Å²) in [6, 6.07) is 14.4. The van der Waals surface area contributed by atoms with Crippen LogP contribution in [-0.4, -0.2) is 30.8 Å². The Hall–Kier alpha value is -2.41. The van der Waals surface area contributed by atoms with Crippen molar-refractivity contribution < 1.29 is 14.3 Å². The van der Waals surface area contributed by atoms with Gasteiger partial charge in [0.05, 0.1) is 6.61 Å². The first-order valence-corrected chi connectivity index (χ1v) is 9.21. The van der Waals surface area contributed by atoms with Crippen LogP contribution in [0.3, 0.4) is 0 Å². The highest BCUT2D eigenvalue weighted by Crippen LogP contribution is 2.15. The Morgan fingerprint density at radius 1 is 1.11 bits per heavy atom. The van der Waals surface area contributed by atoms with Gasteiger partial charge in [0.25, 0.3) is 0 Å². The van der Waals surface area contributed by atoms with Gasteiger partial charge in [-0.15, -0.1) is 0 Å². The zero-order valence-electron chi connectivity index (χ0n) is 14.9. The van der Waals surface area contributed by atoms with E-state index in [0.717, 1.165) is 17.0 Å². The Morgan fingerprint density at radius 2 is 1.81 bits per heavy atom. The van der Waals surface area contributed by atoms with Crippen molar-refractivity contribution in [2.24, 2.45) is 0 Å². The van der Waals surface area contributed by atoms with Gasteiger partial charge >= 0.3 is 0 Å². The van der Waals surface area contributed by atoms with Gasteiger partial charge in [-0.3, -0.25) is 10.1 Å². The lowest BCUT2D eigenvalue weighted by Gasteiger charge is -2.10. The molecule has 27 heavy (non-hydrogen) atoms. The monoisotopic (exact) mass is 404 g/mol. The van der Waals surface area contributed by atoms with Crippen LogP contribution in [0.4, 0.5) is 5.69 Å². The van der Waals surface area contributed by atoms with Gasteiger partial charge < -0.3 is 14.8 Å². The third-order valence-corrected chi connectivity index (χ3v) is 3.80. The number of amides is 1. The molecule has 2 aromatic carbocycles. The van der Waals surface area contributed by atoms with E-state index in [2.05, 4.69) is 10.6 Å². The topological polar surface area (TPSA) is 59.6 Å². The Kier molecular flexibility index (Phi) is 8.77. The fraction of sp³-hybridized carbons (Fsp3) is 0.200. The number of rotatable bonds is 8. The predicted octanol–water partition coefficient (Wildman–Crippen LogP) is 4.28. The maximum absolute atomic E-state index is 11.9. The van der Waals surface area contributed by atoms with Crippen molar-refractivity contribution in [2.45, 2.75) is 6.92 Å². The molecule has 1 amide bonds. The molecule has 2 rings (SSSR count). The van der Waals surface area contributed by atoms with Crippen LogP contribution < -0.4 is 15.4 Å². The van der Waals surface area contributed by atoms with Gasteiger partial charge in [0.1, 0.15) is 12.4 Å². The summed E-state index contributed by atoms with van der Waals surface area (Å²) in [6.07, 6.45) is 3.09. The van der Waals surface area contributed by atoms with Crippen molar-refractivity contribution >= 4 is 46.6 Å². The normalized spacial score (nSPS) is 10.6. The molecule has 0 fully saturated rings. The Morgan fingerprint density at radius 3 is 2.48 bits per heavy atom. The number of nitrogens with one attached hydrogen (secondary N) is 2. The molecule has 2 N–H and O–H groups in total. The number of anilines is 1. The molecular weight excluding hydrogens is 384 g/mol. The molecule has 0 saturated carbocycles. The van der Waals surface area contributed by atoms with Gasteiger partial charge in [-0.05, 0) is 67.2 Å². The standard InChI is InChI=1S/C20H21ClN2O3S/c1-2-25-13-14-26-18-10-8-17(9-11-18)22-20(27)23-19(24)12-5-15-3-6-16(21)7-4-15/h3-12H,2,13-14H2,1H3,(H2,22,23,24,27)/b12-5+. The lowest BCUT2D eigenvalue weighted by atomic mass is 10.2. The van der Waals surface area contributed by atoms with Crippen molar-refractivity contribution in [3.05, 3.63) is 65.2 Å². The molecular formula is C20H21ClN2O3S. The number of halogens is 1. The van der Waals surface area contributed by atoms with Crippen LogP contribution in [0.25, 0.3) is 6.08 Å². The number of hydrogen-bond acceptors (Lipinski definition) is 4. The van der Waals surface area contributed by atoms with Crippen LogP contribution in [-0.2, 0) is 9.53 Å². The SMILES string of the molecule is CCOCCOc1ccc(NC(=S)NC(=O)/C=C/c2ccc(Cl)cc2)cc1. The van der Waals surface area contributed by atoms with Crippen molar-refractivity contribution in [2.75, 3.05) is 25.1 Å². The van der Waals surface area contributed by atoms with Crippen LogP contribution in [0.1, 0.15) is 12.5 Å². The molecule has 142 valence electrons. The van der Waals surface area contributed by atoms with Gasteiger partial charge in [0.2, 0.25) is 5.91 Å². The van der Waals surface area contributed by atoms with Gasteiger partial charge in [0.15, 0.2) is 5.11 Å². The molecule has 0 aromatic heterocycles. The Labute approximate surface area is 169 Å². The maximum Gasteiger partial charge on any atom is 0.250 e. The van der Waals surface area contributed by atoms with Crippen LogP contribution in [0.2, 0.25) is 5.02 Å². The van der Waals surface area contributed by atoms with E-state index >= 15 is 0 Å². The summed E-state index contributed by atoms with van der Waals surface area (Å²) in [5, 5.41) is 6.40. The molecule has 0 unspecified atom stereocenters. The van der Waals surface area contributed by atoms with E-state index in [4.69, 9.17) is 33.3 Å². The smallest absolute Gasteiger partial charge is 0.250 e. The lowest BCUT2D eigenvalue weighted by molar-refractivity contribution is -0.115. The average molecular weight is 405 g/mol. The summed E-state index contributed by atoms with van der Waals surface area (Å²) in [4.78, 5) is 11.9. The molecule has 0 bridgehead atoms. The summed E-state index contributed by atoms with van der Waals surface area (Å²) < 4.78 is 10.8. The number of hydrogen-bond donors (Lipinski definition) is 2. The zero-order valence-corrected chi connectivity index (χ0v) is 16.5. The van der Waals surface area contributed by atoms with E-state index in [1.807, 2.05) is 43.3 Å². The predicted molar refractivity (Wildman–Crippen MR) is 113 cm³/mol. The highest BCUT2D eigenvalue weighted by atomic mass is 35.5. The summed E-state index contributed by atoms with van der Waals surface area (Å²) in [5.74, 6) is 0.416. The molecule has 0 aliphatic carbocycles. The highest BCUT2D eigenvalue weighted by Gasteiger charge is 2.02. The van der Waals surface area contributed by atoms with Crippen LogP contribution >= 0.6 is 23.8 Å². The molecule has 7 heteroatoms. The van der Waals surface area contributed by atoms with E-state index in [-0.39, 0.29) is 11.0 Å². The van der Waals surface area contributed by atoms with Gasteiger partial charge in [-0.1, -0.05) is 23.7 Å². The average Bonchev–Trinajstić information content (AvgIpc) is 2.66. The molecule has 0 heterocycles. The number of ether oxygens (including phenoxy) is 2. The van der Waals surface area contributed by atoms with E-state index < -0.39 is 0 Å². The van der Waals surface area contributed by atoms with E-state index in [0.29, 0.717) is 24.8 Å². The minimum absolute atomic E-state index is 0.214. The zero-order chi connectivity index (χ0) is 19.5. The van der Waals surface area contributed by atoms with Crippen LogP contribution in [0, 0.1) is 0 Å². The third-order valence-electron chi connectivity index (χ3n) is 3.35. The second-order valence-corrected chi connectivity index (χ2v) is 6.24. The molecule has 0 radical (unpaired) electrons. The summed E-state index contributed by atoms with van der Waals surface area (Å²) in [6.45, 7) is 3.66. The van der Waals surface area contributed by atoms with Crippen LogP contribution in [0.15, 0.2) is 54.6 Å². The first-order chi connectivity index (χ1) is 13.1. The second-order valence-electron chi connectivity index (χ2n) is 5.40.